The largest absolute Gasteiger partial charge is 0.341 e. The molecule has 0 radical (unpaired) electrons. The second-order valence-corrected chi connectivity index (χ2v) is 6.82. The van der Waals surface area contributed by atoms with E-state index >= 15 is 0 Å². The molecule has 4 nitrogen and oxygen atoms in total. The molecule has 2 aromatic rings. The molecule has 3 rings (SSSR count). The summed E-state index contributed by atoms with van der Waals surface area (Å²) in [6.07, 6.45) is 1.97. The SMILES string of the molecule is CC(C)c1ccc(NC(=S)N2CCN(c3cccc[nH+]3)CC2)cc1. The van der Waals surface area contributed by atoms with Crippen LogP contribution in [-0.4, -0.2) is 36.2 Å². The molecular weight excluding hydrogens is 316 g/mol. The highest BCUT2D eigenvalue weighted by atomic mass is 32.1. The van der Waals surface area contributed by atoms with Crippen molar-refractivity contribution < 1.29 is 4.98 Å². The molecule has 2 heterocycles. The Morgan fingerprint density at radius 1 is 1.04 bits per heavy atom. The van der Waals surface area contributed by atoms with Gasteiger partial charge >= 0.3 is 0 Å². The number of anilines is 2. The summed E-state index contributed by atoms with van der Waals surface area (Å²) < 4.78 is 0. The first kappa shape index (κ1) is 16.7. The van der Waals surface area contributed by atoms with Gasteiger partial charge in [-0.05, 0) is 41.9 Å². The van der Waals surface area contributed by atoms with Gasteiger partial charge in [0.05, 0.1) is 19.3 Å². The smallest absolute Gasteiger partial charge is 0.274 e. The fourth-order valence-corrected chi connectivity index (χ4v) is 3.19. The summed E-state index contributed by atoms with van der Waals surface area (Å²) in [4.78, 5) is 7.89. The second-order valence-electron chi connectivity index (χ2n) is 6.43. The molecular formula is C19H25N4S+. The van der Waals surface area contributed by atoms with Crippen molar-refractivity contribution in [1.82, 2.24) is 4.90 Å². The third-order valence-electron chi connectivity index (χ3n) is 4.43. The average molecular weight is 342 g/mol. The van der Waals surface area contributed by atoms with Gasteiger partial charge in [-0.3, -0.25) is 4.90 Å². The van der Waals surface area contributed by atoms with Gasteiger partial charge in [0.15, 0.2) is 5.11 Å². The summed E-state index contributed by atoms with van der Waals surface area (Å²) in [5, 5.41) is 4.17. The summed E-state index contributed by atoms with van der Waals surface area (Å²) in [7, 11) is 0. The fourth-order valence-electron chi connectivity index (χ4n) is 2.88. The van der Waals surface area contributed by atoms with E-state index in [9.17, 15) is 0 Å². The number of nitrogens with one attached hydrogen (secondary N) is 2. The number of piperazine rings is 1. The van der Waals surface area contributed by atoms with E-state index in [2.05, 4.69) is 70.3 Å². The highest BCUT2D eigenvalue weighted by Gasteiger charge is 2.24. The maximum Gasteiger partial charge on any atom is 0.274 e. The molecule has 126 valence electrons. The first-order valence-corrected chi connectivity index (χ1v) is 8.92. The Morgan fingerprint density at radius 3 is 2.33 bits per heavy atom. The summed E-state index contributed by atoms with van der Waals surface area (Å²) in [6, 6.07) is 14.7. The number of aromatic amines is 1. The highest BCUT2D eigenvalue weighted by Crippen LogP contribution is 2.18. The zero-order chi connectivity index (χ0) is 16.9. The summed E-state index contributed by atoms with van der Waals surface area (Å²) in [5.41, 5.74) is 2.41. The molecule has 2 N–H and O–H groups in total. The van der Waals surface area contributed by atoms with Crippen molar-refractivity contribution in [2.24, 2.45) is 0 Å². The number of rotatable bonds is 3. The highest BCUT2D eigenvalue weighted by molar-refractivity contribution is 7.80. The minimum atomic E-state index is 0.550. The first-order chi connectivity index (χ1) is 11.6. The molecule has 0 aliphatic carbocycles. The Labute approximate surface area is 149 Å². The van der Waals surface area contributed by atoms with E-state index < -0.39 is 0 Å². The molecule has 1 aliphatic rings. The molecule has 1 aromatic heterocycles. The lowest BCUT2D eigenvalue weighted by atomic mass is 10.0. The number of H-pyrrole nitrogens is 1. The molecule has 1 aliphatic heterocycles. The van der Waals surface area contributed by atoms with E-state index in [4.69, 9.17) is 12.2 Å². The van der Waals surface area contributed by atoms with Crippen LogP contribution in [0.15, 0.2) is 48.7 Å². The van der Waals surface area contributed by atoms with Crippen molar-refractivity contribution in [1.29, 1.82) is 0 Å². The van der Waals surface area contributed by atoms with E-state index in [-0.39, 0.29) is 0 Å². The Balaban J connectivity index is 1.53. The third-order valence-corrected chi connectivity index (χ3v) is 4.79. The minimum absolute atomic E-state index is 0.550. The molecule has 0 saturated carbocycles. The van der Waals surface area contributed by atoms with Gasteiger partial charge in [0.1, 0.15) is 13.1 Å². The first-order valence-electron chi connectivity index (χ1n) is 8.51. The van der Waals surface area contributed by atoms with E-state index in [0.717, 1.165) is 37.0 Å². The second kappa shape index (κ2) is 7.62. The number of thiocarbonyl (C=S) groups is 1. The van der Waals surface area contributed by atoms with Crippen LogP contribution in [0, 0.1) is 0 Å². The molecule has 0 unspecified atom stereocenters. The normalized spacial score (nSPS) is 14.8. The quantitative estimate of drug-likeness (QED) is 0.870. The lowest BCUT2D eigenvalue weighted by molar-refractivity contribution is -0.364. The van der Waals surface area contributed by atoms with Crippen molar-refractivity contribution in [3.8, 4) is 0 Å². The molecule has 0 amide bonds. The lowest BCUT2D eigenvalue weighted by Crippen LogP contribution is -2.51. The molecule has 0 atom stereocenters. The number of pyridine rings is 1. The molecule has 1 saturated heterocycles. The van der Waals surface area contributed by atoms with Crippen molar-refractivity contribution in [3.05, 3.63) is 54.2 Å². The fraction of sp³-hybridized carbons (Fsp3) is 0.368. The predicted molar refractivity (Wildman–Crippen MR) is 104 cm³/mol. The Bertz CT molecular complexity index is 662. The van der Waals surface area contributed by atoms with Gasteiger partial charge in [-0.15, -0.1) is 0 Å². The molecule has 1 fully saturated rings. The number of nitrogens with zero attached hydrogens (tertiary/aromatic N) is 2. The van der Waals surface area contributed by atoms with Crippen LogP contribution in [0.4, 0.5) is 11.5 Å². The molecule has 1 aromatic carbocycles. The van der Waals surface area contributed by atoms with E-state index in [1.54, 1.807) is 0 Å². The Morgan fingerprint density at radius 2 is 1.75 bits per heavy atom. The number of hydrogen-bond donors (Lipinski definition) is 1. The predicted octanol–water partition coefficient (Wildman–Crippen LogP) is 3.14. The van der Waals surface area contributed by atoms with Crippen molar-refractivity contribution in [2.75, 3.05) is 36.4 Å². The number of aromatic nitrogens is 1. The number of benzene rings is 1. The molecule has 24 heavy (non-hydrogen) atoms. The van der Waals surface area contributed by atoms with Gasteiger partial charge in [0, 0.05) is 11.8 Å². The van der Waals surface area contributed by atoms with E-state index in [1.807, 2.05) is 12.3 Å². The van der Waals surface area contributed by atoms with Crippen LogP contribution >= 0.6 is 12.2 Å². The van der Waals surface area contributed by atoms with Crippen LogP contribution in [0.25, 0.3) is 0 Å². The molecule has 0 spiro atoms. The van der Waals surface area contributed by atoms with Gasteiger partial charge < -0.3 is 10.2 Å². The Kier molecular flexibility index (Phi) is 5.30. The van der Waals surface area contributed by atoms with Crippen molar-refractivity contribution >= 4 is 28.8 Å². The van der Waals surface area contributed by atoms with Crippen molar-refractivity contribution in [2.45, 2.75) is 19.8 Å². The van der Waals surface area contributed by atoms with Crippen LogP contribution in [0.5, 0.6) is 0 Å². The van der Waals surface area contributed by atoms with Gasteiger partial charge in [0.25, 0.3) is 5.82 Å². The monoisotopic (exact) mass is 341 g/mol. The topological polar surface area (TPSA) is 32.6 Å². The Hall–Kier alpha value is -2.14. The van der Waals surface area contributed by atoms with Crippen LogP contribution in [0.1, 0.15) is 25.3 Å². The van der Waals surface area contributed by atoms with Gasteiger partial charge in [-0.2, -0.15) is 0 Å². The number of hydrogen-bond acceptors (Lipinski definition) is 2. The maximum atomic E-state index is 5.58. The van der Waals surface area contributed by atoms with Crippen LogP contribution in [0.3, 0.4) is 0 Å². The molecule has 0 bridgehead atoms. The van der Waals surface area contributed by atoms with Crippen molar-refractivity contribution in [3.63, 3.8) is 0 Å². The van der Waals surface area contributed by atoms with Gasteiger partial charge in [-0.25, -0.2) is 4.98 Å². The molecule has 5 heteroatoms. The van der Waals surface area contributed by atoms with Gasteiger partial charge in [-0.1, -0.05) is 32.0 Å². The van der Waals surface area contributed by atoms with Crippen LogP contribution in [-0.2, 0) is 0 Å². The minimum Gasteiger partial charge on any atom is -0.341 e. The summed E-state index contributed by atoms with van der Waals surface area (Å²) >= 11 is 5.58. The average Bonchev–Trinajstić information content (AvgIpc) is 2.63. The zero-order valence-corrected chi connectivity index (χ0v) is 15.1. The lowest BCUT2D eigenvalue weighted by Gasteiger charge is -2.32. The third kappa shape index (κ3) is 4.03. The van der Waals surface area contributed by atoms with Gasteiger partial charge in [0.2, 0.25) is 0 Å². The summed E-state index contributed by atoms with van der Waals surface area (Å²) in [6.45, 7) is 8.20. The van der Waals surface area contributed by atoms with Crippen LogP contribution < -0.4 is 15.2 Å². The standard InChI is InChI=1S/C19H24N4S/c1-15(2)16-6-8-17(9-7-16)21-19(24)23-13-11-22(12-14-23)18-5-3-4-10-20-18/h3-10,15H,11-14H2,1-2H3,(H,21,24)/p+1. The summed E-state index contributed by atoms with van der Waals surface area (Å²) in [5.74, 6) is 1.72. The maximum absolute atomic E-state index is 5.58. The van der Waals surface area contributed by atoms with E-state index in [1.165, 1.54) is 11.4 Å². The van der Waals surface area contributed by atoms with Crippen LogP contribution in [0.2, 0.25) is 0 Å². The van der Waals surface area contributed by atoms with E-state index in [0.29, 0.717) is 5.92 Å². The zero-order valence-electron chi connectivity index (χ0n) is 14.3.